The molecular weight excluding hydrogens is 230 g/mol. The molecule has 0 aliphatic heterocycles. The largest absolute Gasteiger partial charge is 0.439 e. The highest BCUT2D eigenvalue weighted by Gasteiger charge is 2.11. The number of nitrogen functional groups attached to an aromatic ring is 1. The average molecular weight is 241 g/mol. The van der Waals surface area contributed by atoms with Crippen molar-refractivity contribution >= 4 is 16.8 Å². The summed E-state index contributed by atoms with van der Waals surface area (Å²) in [6, 6.07) is 9.22. The Morgan fingerprint density at radius 2 is 2.00 bits per heavy atom. The minimum atomic E-state index is 0.161. The van der Waals surface area contributed by atoms with Crippen LogP contribution in [0.3, 0.4) is 0 Å². The zero-order valence-electron chi connectivity index (χ0n) is 9.63. The van der Waals surface area contributed by atoms with E-state index < -0.39 is 0 Å². The lowest BCUT2D eigenvalue weighted by molar-refractivity contribution is 0.298. The van der Waals surface area contributed by atoms with Crippen molar-refractivity contribution in [2.45, 2.75) is 6.54 Å². The number of nitrogens with zero attached hydrogens (tertiary/aromatic N) is 4. The number of rotatable bonds is 4. The first-order chi connectivity index (χ1) is 8.72. The molecule has 0 aliphatic carbocycles. The molecule has 0 unspecified atom stereocenters. The Hall–Kier alpha value is -2.57. The lowest BCUT2D eigenvalue weighted by Gasteiger charge is -2.11. The fraction of sp³-hybridized carbons (Fsp3) is 0.250. The second-order valence-electron chi connectivity index (χ2n) is 3.80. The van der Waals surface area contributed by atoms with E-state index in [0.29, 0.717) is 29.2 Å². The van der Waals surface area contributed by atoms with Crippen LogP contribution >= 0.6 is 0 Å². The van der Waals surface area contributed by atoms with Gasteiger partial charge in [0.1, 0.15) is 5.52 Å². The van der Waals surface area contributed by atoms with Gasteiger partial charge in [-0.15, -0.1) is 0 Å². The monoisotopic (exact) mass is 241 g/mol. The molecule has 2 N–H and O–H groups in total. The molecule has 0 saturated carbocycles. The third-order valence-electron chi connectivity index (χ3n) is 2.40. The van der Waals surface area contributed by atoms with Crippen molar-refractivity contribution in [3.8, 4) is 12.1 Å². The third-order valence-corrected chi connectivity index (χ3v) is 2.40. The Labute approximate surface area is 104 Å². The second kappa shape index (κ2) is 5.17. The highest BCUT2D eigenvalue weighted by molar-refractivity contribution is 5.76. The van der Waals surface area contributed by atoms with E-state index in [2.05, 4.69) is 4.98 Å². The van der Waals surface area contributed by atoms with Crippen LogP contribution < -0.4 is 5.73 Å². The fourth-order valence-corrected chi connectivity index (χ4v) is 1.62. The predicted molar refractivity (Wildman–Crippen MR) is 64.9 cm³/mol. The van der Waals surface area contributed by atoms with Gasteiger partial charge in [-0.3, -0.25) is 4.90 Å². The van der Waals surface area contributed by atoms with Crippen LogP contribution in [0.15, 0.2) is 22.6 Å². The molecule has 0 fully saturated rings. The quantitative estimate of drug-likeness (QED) is 0.638. The van der Waals surface area contributed by atoms with Crippen LogP contribution in [0.25, 0.3) is 11.1 Å². The first kappa shape index (κ1) is 11.9. The maximum absolute atomic E-state index is 8.65. The molecule has 2 rings (SSSR count). The summed E-state index contributed by atoms with van der Waals surface area (Å²) in [5.74, 6) is 0.473. The number of benzene rings is 1. The van der Waals surface area contributed by atoms with Gasteiger partial charge in [-0.05, 0) is 12.1 Å². The molecule has 0 radical (unpaired) electrons. The molecule has 0 atom stereocenters. The van der Waals surface area contributed by atoms with Crippen molar-refractivity contribution in [2.75, 3.05) is 18.8 Å². The number of oxazole rings is 1. The van der Waals surface area contributed by atoms with Crippen molar-refractivity contribution in [1.29, 1.82) is 10.5 Å². The minimum Gasteiger partial charge on any atom is -0.439 e. The van der Waals surface area contributed by atoms with Gasteiger partial charge in [0, 0.05) is 11.8 Å². The summed E-state index contributed by atoms with van der Waals surface area (Å²) >= 11 is 0. The number of hydrogen-bond donors (Lipinski definition) is 1. The number of aromatic nitrogens is 1. The normalized spacial score (nSPS) is 10.4. The molecule has 2 aromatic rings. The summed E-state index contributed by atoms with van der Waals surface area (Å²) < 4.78 is 5.52. The van der Waals surface area contributed by atoms with Crippen molar-refractivity contribution in [2.24, 2.45) is 0 Å². The summed E-state index contributed by atoms with van der Waals surface area (Å²) in [6.07, 6.45) is 0. The molecule has 1 heterocycles. The van der Waals surface area contributed by atoms with Gasteiger partial charge >= 0.3 is 0 Å². The van der Waals surface area contributed by atoms with Crippen LogP contribution in [0.1, 0.15) is 5.89 Å². The molecule has 0 spiro atoms. The lowest BCUT2D eigenvalue weighted by atomic mass is 10.3. The molecule has 0 bridgehead atoms. The molecule has 1 aromatic carbocycles. The topological polar surface area (TPSA) is 103 Å². The maximum atomic E-state index is 8.65. The van der Waals surface area contributed by atoms with Gasteiger partial charge in [-0.1, -0.05) is 0 Å². The zero-order chi connectivity index (χ0) is 13.0. The second-order valence-corrected chi connectivity index (χ2v) is 3.80. The van der Waals surface area contributed by atoms with Crippen LogP contribution in [-0.2, 0) is 6.54 Å². The highest BCUT2D eigenvalue weighted by atomic mass is 16.3. The van der Waals surface area contributed by atoms with E-state index >= 15 is 0 Å². The first-order valence-corrected chi connectivity index (χ1v) is 5.34. The van der Waals surface area contributed by atoms with Gasteiger partial charge in [-0.25, -0.2) is 4.98 Å². The molecule has 90 valence electrons. The van der Waals surface area contributed by atoms with Gasteiger partial charge in [0.2, 0.25) is 5.89 Å². The summed E-state index contributed by atoms with van der Waals surface area (Å²) in [5, 5.41) is 17.3. The SMILES string of the molecule is N#CCN(CC#N)Cc1nc2ccc(N)cc2o1. The van der Waals surface area contributed by atoms with Crippen LogP contribution in [0.5, 0.6) is 0 Å². The molecule has 18 heavy (non-hydrogen) atoms. The fourth-order valence-electron chi connectivity index (χ4n) is 1.62. The Bertz CT molecular complexity index is 618. The summed E-state index contributed by atoms with van der Waals surface area (Å²) in [6.45, 7) is 0.651. The molecule has 6 nitrogen and oxygen atoms in total. The number of nitriles is 2. The summed E-state index contributed by atoms with van der Waals surface area (Å²) in [5.41, 5.74) is 7.58. The Kier molecular flexibility index (Phi) is 3.42. The van der Waals surface area contributed by atoms with E-state index in [4.69, 9.17) is 20.7 Å². The molecule has 6 heteroatoms. The lowest BCUT2D eigenvalue weighted by Crippen LogP contribution is -2.24. The Morgan fingerprint density at radius 3 is 2.67 bits per heavy atom. The van der Waals surface area contributed by atoms with Crippen molar-refractivity contribution in [3.05, 3.63) is 24.1 Å². The van der Waals surface area contributed by atoms with Gasteiger partial charge in [0.05, 0.1) is 31.8 Å². The number of hydrogen-bond acceptors (Lipinski definition) is 6. The highest BCUT2D eigenvalue weighted by Crippen LogP contribution is 2.19. The van der Waals surface area contributed by atoms with Gasteiger partial charge in [-0.2, -0.15) is 10.5 Å². The molecule has 0 amide bonds. The van der Waals surface area contributed by atoms with E-state index in [1.54, 1.807) is 23.1 Å². The average Bonchev–Trinajstić information content (AvgIpc) is 2.71. The van der Waals surface area contributed by atoms with Gasteiger partial charge in [0.15, 0.2) is 5.58 Å². The third kappa shape index (κ3) is 2.57. The van der Waals surface area contributed by atoms with E-state index in [0.717, 1.165) is 0 Å². The van der Waals surface area contributed by atoms with Crippen LogP contribution in [-0.4, -0.2) is 23.0 Å². The predicted octanol–water partition coefficient (Wildman–Crippen LogP) is 1.26. The van der Waals surface area contributed by atoms with E-state index in [9.17, 15) is 0 Å². The van der Waals surface area contributed by atoms with Crippen LogP contribution in [0.4, 0.5) is 5.69 Å². The molecular formula is C12H11N5O. The number of anilines is 1. The van der Waals surface area contributed by atoms with E-state index in [-0.39, 0.29) is 13.1 Å². The minimum absolute atomic E-state index is 0.161. The van der Waals surface area contributed by atoms with E-state index in [1.807, 2.05) is 12.1 Å². The number of nitrogens with two attached hydrogens (primary N) is 1. The summed E-state index contributed by atoms with van der Waals surface area (Å²) in [7, 11) is 0. The Morgan fingerprint density at radius 1 is 1.28 bits per heavy atom. The van der Waals surface area contributed by atoms with Crippen molar-refractivity contribution in [3.63, 3.8) is 0 Å². The summed E-state index contributed by atoms with van der Waals surface area (Å²) in [4.78, 5) is 5.92. The Balaban J connectivity index is 2.21. The van der Waals surface area contributed by atoms with Crippen LogP contribution in [0, 0.1) is 22.7 Å². The molecule has 0 aliphatic rings. The van der Waals surface area contributed by atoms with Gasteiger partial charge in [0.25, 0.3) is 0 Å². The number of fused-ring (bicyclic) bond motifs is 1. The first-order valence-electron chi connectivity index (χ1n) is 5.34. The maximum Gasteiger partial charge on any atom is 0.209 e. The van der Waals surface area contributed by atoms with Crippen molar-refractivity contribution < 1.29 is 4.42 Å². The van der Waals surface area contributed by atoms with Crippen LogP contribution in [0.2, 0.25) is 0 Å². The molecule has 0 saturated heterocycles. The molecule has 1 aromatic heterocycles. The van der Waals surface area contributed by atoms with Gasteiger partial charge < -0.3 is 10.2 Å². The smallest absolute Gasteiger partial charge is 0.209 e. The standard InChI is InChI=1S/C12H11N5O/c13-3-5-17(6-4-14)8-12-16-10-2-1-9(15)7-11(10)18-12/h1-2,7H,5-6,8,15H2. The van der Waals surface area contributed by atoms with Crippen molar-refractivity contribution in [1.82, 2.24) is 9.88 Å². The zero-order valence-corrected chi connectivity index (χ0v) is 9.63. The van der Waals surface area contributed by atoms with E-state index in [1.165, 1.54) is 0 Å².